The van der Waals surface area contributed by atoms with E-state index < -0.39 is 6.10 Å². The van der Waals surface area contributed by atoms with Crippen LogP contribution in [0.5, 0.6) is 17.2 Å². The Morgan fingerprint density at radius 3 is 2.40 bits per heavy atom. The van der Waals surface area contributed by atoms with Crippen molar-refractivity contribution in [1.29, 1.82) is 0 Å². The number of hydrogen-bond acceptors (Lipinski definition) is 8. The first-order chi connectivity index (χ1) is 14.5. The van der Waals surface area contributed by atoms with E-state index in [1.807, 2.05) is 38.1 Å². The Morgan fingerprint density at radius 2 is 1.70 bits per heavy atom. The standard InChI is InChI=1S/C22H25N3O5/c1-14(2)29-11-16(26)12-30-19-6-4-5-18(20(19)27)22-24-13-23-21(25-22)15-7-9-17(28-3)10-8-15/h4-10,13-14,16,26-27H,11-12H2,1-3H3. The molecule has 1 atom stereocenters. The summed E-state index contributed by atoms with van der Waals surface area (Å²) < 4.78 is 16.1. The predicted octanol–water partition coefficient (Wildman–Crippen LogP) is 3.08. The van der Waals surface area contributed by atoms with Crippen LogP contribution in [0, 0.1) is 0 Å². The highest BCUT2D eigenvalue weighted by molar-refractivity contribution is 5.69. The molecule has 1 heterocycles. The van der Waals surface area contributed by atoms with Crippen LogP contribution in [-0.4, -0.2) is 57.7 Å². The number of ether oxygens (including phenoxy) is 3. The minimum Gasteiger partial charge on any atom is -0.504 e. The molecule has 2 aromatic carbocycles. The van der Waals surface area contributed by atoms with Crippen molar-refractivity contribution in [3.63, 3.8) is 0 Å². The van der Waals surface area contributed by atoms with E-state index in [1.165, 1.54) is 6.33 Å². The predicted molar refractivity (Wildman–Crippen MR) is 112 cm³/mol. The molecule has 30 heavy (non-hydrogen) atoms. The third-order valence-corrected chi connectivity index (χ3v) is 4.21. The van der Waals surface area contributed by atoms with Crippen molar-refractivity contribution < 1.29 is 24.4 Å². The summed E-state index contributed by atoms with van der Waals surface area (Å²) in [5, 5.41) is 20.6. The fraction of sp³-hybridized carbons (Fsp3) is 0.318. The lowest BCUT2D eigenvalue weighted by Crippen LogP contribution is -2.25. The van der Waals surface area contributed by atoms with Gasteiger partial charge in [0.2, 0.25) is 0 Å². The number of rotatable bonds is 9. The van der Waals surface area contributed by atoms with Gasteiger partial charge >= 0.3 is 0 Å². The van der Waals surface area contributed by atoms with Gasteiger partial charge in [0.15, 0.2) is 23.1 Å². The Kier molecular flexibility index (Phi) is 7.16. The van der Waals surface area contributed by atoms with Crippen LogP contribution < -0.4 is 9.47 Å². The van der Waals surface area contributed by atoms with Crippen LogP contribution in [0.4, 0.5) is 0 Å². The number of para-hydroxylation sites is 1. The van der Waals surface area contributed by atoms with E-state index in [1.54, 1.807) is 25.3 Å². The van der Waals surface area contributed by atoms with Crippen molar-refractivity contribution in [2.45, 2.75) is 26.1 Å². The molecule has 0 fully saturated rings. The molecule has 3 rings (SSSR count). The van der Waals surface area contributed by atoms with Crippen molar-refractivity contribution in [2.24, 2.45) is 0 Å². The Labute approximate surface area is 175 Å². The van der Waals surface area contributed by atoms with Gasteiger partial charge in [-0.25, -0.2) is 15.0 Å². The van der Waals surface area contributed by atoms with Gasteiger partial charge < -0.3 is 24.4 Å². The van der Waals surface area contributed by atoms with Crippen molar-refractivity contribution in [3.05, 3.63) is 48.8 Å². The third-order valence-electron chi connectivity index (χ3n) is 4.21. The molecule has 8 heteroatoms. The summed E-state index contributed by atoms with van der Waals surface area (Å²) in [6, 6.07) is 12.3. The first kappa shape index (κ1) is 21.5. The van der Waals surface area contributed by atoms with E-state index in [4.69, 9.17) is 14.2 Å². The van der Waals surface area contributed by atoms with Crippen LogP contribution in [0.25, 0.3) is 22.8 Å². The molecule has 0 saturated heterocycles. The molecular formula is C22H25N3O5. The van der Waals surface area contributed by atoms with Crippen LogP contribution >= 0.6 is 0 Å². The van der Waals surface area contributed by atoms with E-state index in [2.05, 4.69) is 15.0 Å². The lowest BCUT2D eigenvalue weighted by molar-refractivity contribution is -0.0125. The molecule has 0 amide bonds. The number of benzene rings is 2. The minimum absolute atomic E-state index is 0.0140. The Hall–Kier alpha value is -3.23. The van der Waals surface area contributed by atoms with Crippen molar-refractivity contribution in [1.82, 2.24) is 15.0 Å². The number of aliphatic hydroxyl groups excluding tert-OH is 1. The summed E-state index contributed by atoms with van der Waals surface area (Å²) in [5.41, 5.74) is 1.19. The lowest BCUT2D eigenvalue weighted by atomic mass is 10.1. The summed E-state index contributed by atoms with van der Waals surface area (Å²) in [6.45, 7) is 3.91. The van der Waals surface area contributed by atoms with Crippen LogP contribution in [0.1, 0.15) is 13.8 Å². The Bertz CT molecular complexity index is 963. The van der Waals surface area contributed by atoms with Gasteiger partial charge in [0.1, 0.15) is 24.8 Å². The van der Waals surface area contributed by atoms with Gasteiger partial charge in [-0.1, -0.05) is 6.07 Å². The highest BCUT2D eigenvalue weighted by atomic mass is 16.5. The maximum Gasteiger partial charge on any atom is 0.168 e. The van der Waals surface area contributed by atoms with E-state index in [-0.39, 0.29) is 30.8 Å². The number of hydrogen-bond donors (Lipinski definition) is 2. The normalized spacial score (nSPS) is 12.0. The average Bonchev–Trinajstić information content (AvgIpc) is 2.77. The second-order valence-corrected chi connectivity index (χ2v) is 6.86. The number of aromatic nitrogens is 3. The van der Waals surface area contributed by atoms with Gasteiger partial charge in [-0.15, -0.1) is 0 Å². The number of aliphatic hydroxyl groups is 1. The molecule has 8 nitrogen and oxygen atoms in total. The first-order valence-electron chi connectivity index (χ1n) is 9.56. The molecule has 3 aromatic rings. The minimum atomic E-state index is -0.811. The van der Waals surface area contributed by atoms with Crippen molar-refractivity contribution in [3.8, 4) is 40.0 Å². The van der Waals surface area contributed by atoms with Crippen LogP contribution in [0.2, 0.25) is 0 Å². The highest BCUT2D eigenvalue weighted by Crippen LogP contribution is 2.35. The maximum absolute atomic E-state index is 10.6. The fourth-order valence-electron chi connectivity index (χ4n) is 2.66. The SMILES string of the molecule is COc1ccc(-c2ncnc(-c3cccc(OCC(O)COC(C)C)c3O)n2)cc1. The van der Waals surface area contributed by atoms with E-state index in [0.717, 1.165) is 11.3 Å². The largest absolute Gasteiger partial charge is 0.504 e. The molecule has 0 radical (unpaired) electrons. The summed E-state index contributed by atoms with van der Waals surface area (Å²) >= 11 is 0. The number of methoxy groups -OCH3 is 1. The molecule has 0 aliphatic heterocycles. The molecule has 0 spiro atoms. The van der Waals surface area contributed by atoms with Gasteiger partial charge in [-0.2, -0.15) is 0 Å². The lowest BCUT2D eigenvalue weighted by Gasteiger charge is -2.16. The second-order valence-electron chi connectivity index (χ2n) is 6.86. The summed E-state index contributed by atoms with van der Waals surface area (Å²) in [6.07, 6.45) is 0.594. The van der Waals surface area contributed by atoms with Gasteiger partial charge in [0.05, 0.1) is 25.4 Å². The zero-order valence-corrected chi connectivity index (χ0v) is 17.1. The Balaban J connectivity index is 1.78. The number of nitrogens with zero attached hydrogens (tertiary/aromatic N) is 3. The first-order valence-corrected chi connectivity index (χ1v) is 9.56. The molecule has 1 unspecified atom stereocenters. The third kappa shape index (κ3) is 5.43. The van der Waals surface area contributed by atoms with Crippen LogP contribution in [0.3, 0.4) is 0 Å². The summed E-state index contributed by atoms with van der Waals surface area (Å²) in [5.74, 6) is 1.62. The van der Waals surface area contributed by atoms with Gasteiger partial charge in [0.25, 0.3) is 0 Å². The zero-order chi connectivity index (χ0) is 21.5. The van der Waals surface area contributed by atoms with Crippen molar-refractivity contribution >= 4 is 0 Å². The summed E-state index contributed by atoms with van der Waals surface area (Å²) in [7, 11) is 1.60. The van der Waals surface area contributed by atoms with Crippen molar-refractivity contribution in [2.75, 3.05) is 20.3 Å². The van der Waals surface area contributed by atoms with Gasteiger partial charge in [-0.05, 0) is 50.2 Å². The highest BCUT2D eigenvalue weighted by Gasteiger charge is 2.15. The Morgan fingerprint density at radius 1 is 0.967 bits per heavy atom. The maximum atomic E-state index is 10.6. The monoisotopic (exact) mass is 411 g/mol. The smallest absolute Gasteiger partial charge is 0.168 e. The number of aromatic hydroxyl groups is 1. The van der Waals surface area contributed by atoms with Gasteiger partial charge in [0, 0.05) is 5.56 Å². The molecule has 0 saturated carbocycles. The summed E-state index contributed by atoms with van der Waals surface area (Å²) in [4.78, 5) is 12.9. The second kappa shape index (κ2) is 10.00. The van der Waals surface area contributed by atoms with E-state index in [0.29, 0.717) is 17.2 Å². The van der Waals surface area contributed by atoms with E-state index >= 15 is 0 Å². The number of phenolic OH excluding ortho intramolecular Hbond substituents is 1. The van der Waals surface area contributed by atoms with Crippen LogP contribution in [-0.2, 0) is 4.74 Å². The fourth-order valence-corrected chi connectivity index (χ4v) is 2.66. The molecule has 158 valence electrons. The molecule has 0 bridgehead atoms. The van der Waals surface area contributed by atoms with Gasteiger partial charge in [-0.3, -0.25) is 0 Å². The molecular weight excluding hydrogens is 386 g/mol. The molecule has 2 N–H and O–H groups in total. The number of phenols is 1. The molecule has 0 aliphatic carbocycles. The quantitative estimate of drug-likeness (QED) is 0.553. The average molecular weight is 411 g/mol. The molecule has 0 aliphatic rings. The molecule has 1 aromatic heterocycles. The topological polar surface area (TPSA) is 107 Å². The zero-order valence-electron chi connectivity index (χ0n) is 17.1. The van der Waals surface area contributed by atoms with E-state index in [9.17, 15) is 10.2 Å². The van der Waals surface area contributed by atoms with Crippen LogP contribution in [0.15, 0.2) is 48.8 Å².